The summed E-state index contributed by atoms with van der Waals surface area (Å²) in [4.78, 5) is 20.4. The number of rotatable bonds is 3. The van der Waals surface area contributed by atoms with Crippen molar-refractivity contribution >= 4 is 11.7 Å². The first kappa shape index (κ1) is 13.8. The Morgan fingerprint density at radius 1 is 1.26 bits per heavy atom. The lowest BCUT2D eigenvalue weighted by Crippen LogP contribution is -2.44. The van der Waals surface area contributed by atoms with Crippen molar-refractivity contribution in [2.75, 3.05) is 39.1 Å². The van der Waals surface area contributed by atoms with E-state index in [4.69, 9.17) is 0 Å². The van der Waals surface area contributed by atoms with Gasteiger partial charge in [0.05, 0.1) is 5.56 Å². The lowest BCUT2D eigenvalue weighted by Gasteiger charge is -2.31. The molecular weight excluding hydrogens is 240 g/mol. The van der Waals surface area contributed by atoms with Crippen molar-refractivity contribution in [1.82, 2.24) is 15.2 Å². The van der Waals surface area contributed by atoms with E-state index in [0.29, 0.717) is 11.6 Å². The number of piperidine rings is 1. The van der Waals surface area contributed by atoms with E-state index in [1.165, 1.54) is 0 Å². The van der Waals surface area contributed by atoms with Crippen molar-refractivity contribution < 1.29 is 4.79 Å². The van der Waals surface area contributed by atoms with Gasteiger partial charge in [0.15, 0.2) is 0 Å². The predicted molar refractivity (Wildman–Crippen MR) is 76.5 cm³/mol. The number of pyridine rings is 1. The third-order valence-corrected chi connectivity index (χ3v) is 3.63. The van der Waals surface area contributed by atoms with Crippen molar-refractivity contribution in [3.8, 4) is 0 Å². The lowest BCUT2D eigenvalue weighted by atomic mass is 10.0. The smallest absolute Gasteiger partial charge is 0.255 e. The Balaban J connectivity index is 2.05. The number of nitrogens with zero attached hydrogens (tertiary/aromatic N) is 3. The number of anilines is 1. The first-order valence-electron chi connectivity index (χ1n) is 6.71. The van der Waals surface area contributed by atoms with E-state index < -0.39 is 0 Å². The second kappa shape index (κ2) is 6.02. The molecule has 0 aliphatic carbocycles. The molecule has 0 aromatic carbocycles. The topological polar surface area (TPSA) is 48.5 Å². The SMILES string of the molecule is CN(C)c1ccc(C(=O)N(C)C2CCNCC2)cn1. The van der Waals surface area contributed by atoms with Gasteiger partial charge in [-0.1, -0.05) is 0 Å². The van der Waals surface area contributed by atoms with E-state index in [1.807, 2.05) is 43.1 Å². The maximum absolute atomic E-state index is 12.4. The van der Waals surface area contributed by atoms with Crippen LogP contribution in [0.1, 0.15) is 23.2 Å². The highest BCUT2D eigenvalue weighted by Gasteiger charge is 2.22. The molecule has 1 saturated heterocycles. The van der Waals surface area contributed by atoms with Crippen molar-refractivity contribution in [2.24, 2.45) is 0 Å². The molecule has 104 valence electrons. The quantitative estimate of drug-likeness (QED) is 0.882. The summed E-state index contributed by atoms with van der Waals surface area (Å²) < 4.78 is 0. The number of amides is 1. The normalized spacial score (nSPS) is 16.2. The molecule has 1 amide bonds. The van der Waals surface area contributed by atoms with Gasteiger partial charge in [-0.25, -0.2) is 4.98 Å². The highest BCUT2D eigenvalue weighted by Crippen LogP contribution is 2.15. The molecule has 1 N–H and O–H groups in total. The van der Waals surface area contributed by atoms with Crippen LogP contribution in [0.3, 0.4) is 0 Å². The molecule has 1 aromatic rings. The lowest BCUT2D eigenvalue weighted by molar-refractivity contribution is 0.0703. The Morgan fingerprint density at radius 3 is 2.47 bits per heavy atom. The zero-order valence-corrected chi connectivity index (χ0v) is 11.9. The monoisotopic (exact) mass is 262 g/mol. The van der Waals surface area contributed by atoms with E-state index in [2.05, 4.69) is 10.3 Å². The Kier molecular flexibility index (Phi) is 4.37. The second-order valence-electron chi connectivity index (χ2n) is 5.20. The van der Waals surface area contributed by atoms with Crippen molar-refractivity contribution in [3.05, 3.63) is 23.9 Å². The zero-order chi connectivity index (χ0) is 13.8. The van der Waals surface area contributed by atoms with Crippen LogP contribution in [0, 0.1) is 0 Å². The van der Waals surface area contributed by atoms with E-state index in [1.54, 1.807) is 6.20 Å². The number of hydrogen-bond donors (Lipinski definition) is 1. The predicted octanol–water partition coefficient (Wildman–Crippen LogP) is 0.972. The molecule has 0 bridgehead atoms. The van der Waals surface area contributed by atoms with Gasteiger partial charge in [0.1, 0.15) is 5.82 Å². The van der Waals surface area contributed by atoms with Crippen LogP contribution in [0.15, 0.2) is 18.3 Å². The number of carbonyl (C=O) groups excluding carboxylic acids is 1. The summed E-state index contributed by atoms with van der Waals surface area (Å²) >= 11 is 0. The van der Waals surface area contributed by atoms with E-state index in [0.717, 1.165) is 31.7 Å². The second-order valence-corrected chi connectivity index (χ2v) is 5.20. The molecule has 1 fully saturated rings. The third-order valence-electron chi connectivity index (χ3n) is 3.63. The fraction of sp³-hybridized carbons (Fsp3) is 0.571. The average molecular weight is 262 g/mol. The van der Waals surface area contributed by atoms with Gasteiger partial charge in [-0.2, -0.15) is 0 Å². The maximum Gasteiger partial charge on any atom is 0.255 e. The van der Waals surface area contributed by atoms with Crippen molar-refractivity contribution in [1.29, 1.82) is 0 Å². The Bertz CT molecular complexity index is 424. The molecule has 0 saturated carbocycles. The Labute approximate surface area is 114 Å². The number of aromatic nitrogens is 1. The minimum atomic E-state index is 0.0599. The summed E-state index contributed by atoms with van der Waals surface area (Å²) in [6, 6.07) is 4.06. The minimum Gasteiger partial charge on any atom is -0.363 e. The van der Waals surface area contributed by atoms with Gasteiger partial charge in [0.25, 0.3) is 5.91 Å². The van der Waals surface area contributed by atoms with Gasteiger partial charge in [0, 0.05) is 33.4 Å². The molecule has 1 aliphatic rings. The third kappa shape index (κ3) is 3.23. The first-order valence-corrected chi connectivity index (χ1v) is 6.71. The van der Waals surface area contributed by atoms with Crippen molar-refractivity contribution in [2.45, 2.75) is 18.9 Å². The summed E-state index contributed by atoms with van der Waals surface area (Å²) in [5.74, 6) is 0.922. The van der Waals surface area contributed by atoms with Gasteiger partial charge >= 0.3 is 0 Å². The molecule has 0 spiro atoms. The Hall–Kier alpha value is -1.62. The molecule has 0 atom stereocenters. The van der Waals surface area contributed by atoms with Gasteiger partial charge in [-0.05, 0) is 38.1 Å². The Morgan fingerprint density at radius 2 is 1.95 bits per heavy atom. The van der Waals surface area contributed by atoms with Gasteiger partial charge in [-0.3, -0.25) is 4.79 Å². The van der Waals surface area contributed by atoms with E-state index >= 15 is 0 Å². The van der Waals surface area contributed by atoms with Crippen LogP contribution in [0.5, 0.6) is 0 Å². The minimum absolute atomic E-state index is 0.0599. The van der Waals surface area contributed by atoms with Crippen LogP contribution in [0.2, 0.25) is 0 Å². The van der Waals surface area contributed by atoms with Crippen LogP contribution in [0.4, 0.5) is 5.82 Å². The van der Waals surface area contributed by atoms with Crippen LogP contribution in [-0.2, 0) is 0 Å². The zero-order valence-electron chi connectivity index (χ0n) is 11.9. The molecule has 5 heteroatoms. The highest BCUT2D eigenvalue weighted by molar-refractivity contribution is 5.94. The van der Waals surface area contributed by atoms with Gasteiger partial charge < -0.3 is 15.1 Å². The molecule has 1 aliphatic heterocycles. The molecule has 2 rings (SSSR count). The summed E-state index contributed by atoms with van der Waals surface area (Å²) in [5.41, 5.74) is 0.659. The maximum atomic E-state index is 12.4. The van der Waals surface area contributed by atoms with Crippen molar-refractivity contribution in [3.63, 3.8) is 0 Å². The molecule has 2 heterocycles. The summed E-state index contributed by atoms with van der Waals surface area (Å²) in [6.07, 6.45) is 3.70. The fourth-order valence-corrected chi connectivity index (χ4v) is 2.34. The van der Waals surface area contributed by atoms with Crippen LogP contribution in [0.25, 0.3) is 0 Å². The van der Waals surface area contributed by atoms with Crippen LogP contribution < -0.4 is 10.2 Å². The fourth-order valence-electron chi connectivity index (χ4n) is 2.34. The summed E-state index contributed by atoms with van der Waals surface area (Å²) in [5, 5.41) is 3.31. The molecular formula is C14H22N4O. The van der Waals surface area contributed by atoms with Gasteiger partial charge in [-0.15, -0.1) is 0 Å². The number of nitrogens with one attached hydrogen (secondary N) is 1. The van der Waals surface area contributed by atoms with Gasteiger partial charge in [0.2, 0.25) is 0 Å². The van der Waals surface area contributed by atoms with E-state index in [9.17, 15) is 4.79 Å². The first-order chi connectivity index (χ1) is 9.09. The van der Waals surface area contributed by atoms with Crippen LogP contribution in [-0.4, -0.2) is 56.1 Å². The molecule has 5 nitrogen and oxygen atoms in total. The van der Waals surface area contributed by atoms with E-state index in [-0.39, 0.29) is 5.91 Å². The highest BCUT2D eigenvalue weighted by atomic mass is 16.2. The standard InChI is InChI=1S/C14H22N4O/c1-17(2)13-5-4-11(10-16-13)14(19)18(3)12-6-8-15-9-7-12/h4-5,10,12,15H,6-9H2,1-3H3. The summed E-state index contributed by atoms with van der Waals surface area (Å²) in [7, 11) is 5.76. The van der Waals surface area contributed by atoms with Crippen LogP contribution >= 0.6 is 0 Å². The summed E-state index contributed by atoms with van der Waals surface area (Å²) in [6.45, 7) is 1.97. The largest absolute Gasteiger partial charge is 0.363 e. The average Bonchev–Trinajstić information content (AvgIpc) is 2.46. The molecule has 1 aromatic heterocycles. The number of carbonyl (C=O) groups is 1. The molecule has 19 heavy (non-hydrogen) atoms. The molecule has 0 unspecified atom stereocenters. The molecule has 0 radical (unpaired) electrons. The number of hydrogen-bond acceptors (Lipinski definition) is 4.